The van der Waals surface area contributed by atoms with Crippen LogP contribution in [0.2, 0.25) is 0 Å². The summed E-state index contributed by atoms with van der Waals surface area (Å²) < 4.78 is 0. The van der Waals surface area contributed by atoms with Crippen molar-refractivity contribution in [3.05, 3.63) is 29.3 Å². The van der Waals surface area contributed by atoms with Crippen LogP contribution in [0, 0.1) is 12.3 Å². The predicted molar refractivity (Wildman–Crippen MR) is 70.8 cm³/mol. The molecule has 7 nitrogen and oxygen atoms in total. The van der Waals surface area contributed by atoms with Crippen molar-refractivity contribution < 1.29 is 24.6 Å². The van der Waals surface area contributed by atoms with E-state index in [9.17, 15) is 14.4 Å². The molecule has 1 aromatic rings. The lowest BCUT2D eigenvalue weighted by atomic mass is 10.1. The molecule has 104 valence electrons. The highest BCUT2D eigenvalue weighted by molar-refractivity contribution is 5.98. The SMILES string of the molecule is C#CCCNC(=O)Nc1cc(C(=O)O)cc(C(=O)O)c1. The van der Waals surface area contributed by atoms with Gasteiger partial charge in [-0.05, 0) is 18.2 Å². The maximum Gasteiger partial charge on any atom is 0.335 e. The fraction of sp³-hybridized carbons (Fsp3) is 0.154. The van der Waals surface area contributed by atoms with E-state index >= 15 is 0 Å². The van der Waals surface area contributed by atoms with Crippen molar-refractivity contribution in [3.63, 3.8) is 0 Å². The molecule has 0 fully saturated rings. The average Bonchev–Trinajstić information content (AvgIpc) is 2.38. The molecule has 0 aliphatic heterocycles. The Morgan fingerprint density at radius 2 is 1.65 bits per heavy atom. The van der Waals surface area contributed by atoms with Crippen molar-refractivity contribution in [3.8, 4) is 12.3 Å². The van der Waals surface area contributed by atoms with Gasteiger partial charge in [0, 0.05) is 18.7 Å². The van der Waals surface area contributed by atoms with E-state index in [-0.39, 0.29) is 23.4 Å². The Hall–Kier alpha value is -3.01. The molecule has 0 aliphatic carbocycles. The van der Waals surface area contributed by atoms with Crippen molar-refractivity contribution >= 4 is 23.7 Å². The summed E-state index contributed by atoms with van der Waals surface area (Å²) in [6.07, 6.45) is 5.37. The number of benzene rings is 1. The first-order valence-corrected chi connectivity index (χ1v) is 5.54. The van der Waals surface area contributed by atoms with Crippen LogP contribution in [0.1, 0.15) is 27.1 Å². The van der Waals surface area contributed by atoms with Crippen LogP contribution in [0.25, 0.3) is 0 Å². The number of amides is 2. The third kappa shape index (κ3) is 4.34. The molecular formula is C13H12N2O5. The van der Waals surface area contributed by atoms with Gasteiger partial charge in [-0.2, -0.15) is 0 Å². The standard InChI is InChI=1S/C13H12N2O5/c1-2-3-4-14-13(20)15-10-6-8(11(16)17)5-9(7-10)12(18)19/h1,5-7H,3-4H2,(H,16,17)(H,18,19)(H2,14,15,20). The number of terminal acetylenes is 1. The zero-order valence-corrected chi connectivity index (χ0v) is 10.3. The van der Waals surface area contributed by atoms with Gasteiger partial charge in [-0.25, -0.2) is 14.4 Å². The monoisotopic (exact) mass is 276 g/mol. The Morgan fingerprint density at radius 1 is 1.10 bits per heavy atom. The normalized spacial score (nSPS) is 9.35. The largest absolute Gasteiger partial charge is 0.478 e. The van der Waals surface area contributed by atoms with E-state index in [1.54, 1.807) is 0 Å². The molecule has 0 spiro atoms. The summed E-state index contributed by atoms with van der Waals surface area (Å²) in [7, 11) is 0. The highest BCUT2D eigenvalue weighted by atomic mass is 16.4. The van der Waals surface area contributed by atoms with Gasteiger partial charge in [-0.3, -0.25) is 0 Å². The lowest BCUT2D eigenvalue weighted by molar-refractivity contribution is 0.0696. The van der Waals surface area contributed by atoms with Crippen molar-refractivity contribution in [2.24, 2.45) is 0 Å². The van der Waals surface area contributed by atoms with Crippen LogP contribution >= 0.6 is 0 Å². The molecule has 0 heterocycles. The van der Waals surface area contributed by atoms with Crippen molar-refractivity contribution in [1.29, 1.82) is 0 Å². The van der Waals surface area contributed by atoms with Crippen molar-refractivity contribution in [1.82, 2.24) is 5.32 Å². The third-order valence-corrected chi connectivity index (χ3v) is 2.24. The van der Waals surface area contributed by atoms with E-state index in [2.05, 4.69) is 16.6 Å². The number of nitrogens with one attached hydrogen (secondary N) is 2. The Balaban J connectivity index is 2.89. The third-order valence-electron chi connectivity index (χ3n) is 2.24. The lowest BCUT2D eigenvalue weighted by Crippen LogP contribution is -2.29. The number of carboxylic acids is 2. The maximum atomic E-state index is 11.5. The van der Waals surface area contributed by atoms with E-state index in [4.69, 9.17) is 16.6 Å². The minimum absolute atomic E-state index is 0.0699. The van der Waals surface area contributed by atoms with Gasteiger partial charge < -0.3 is 20.8 Å². The number of carboxylic acid groups (broad SMARTS) is 2. The van der Waals surface area contributed by atoms with Crippen LogP contribution in [0.5, 0.6) is 0 Å². The second-order valence-corrected chi connectivity index (χ2v) is 3.74. The molecule has 0 unspecified atom stereocenters. The van der Waals surface area contributed by atoms with E-state index in [1.807, 2.05) is 0 Å². The Labute approximate surface area is 114 Å². The van der Waals surface area contributed by atoms with E-state index in [1.165, 1.54) is 0 Å². The number of urea groups is 1. The summed E-state index contributed by atoms with van der Waals surface area (Å²) in [5.41, 5.74) is -0.395. The maximum absolute atomic E-state index is 11.5. The molecule has 0 aliphatic rings. The number of aromatic carboxylic acids is 2. The first-order chi connectivity index (χ1) is 9.43. The number of carbonyl (C=O) groups excluding carboxylic acids is 1. The lowest BCUT2D eigenvalue weighted by Gasteiger charge is -2.08. The van der Waals surface area contributed by atoms with Crippen LogP contribution in [0.4, 0.5) is 10.5 Å². The molecular weight excluding hydrogens is 264 g/mol. The zero-order valence-electron chi connectivity index (χ0n) is 10.3. The van der Waals surface area contributed by atoms with Crippen LogP contribution in [0.3, 0.4) is 0 Å². The van der Waals surface area contributed by atoms with Crippen LogP contribution in [-0.2, 0) is 0 Å². The highest BCUT2D eigenvalue weighted by Gasteiger charge is 2.12. The first kappa shape index (κ1) is 15.0. The molecule has 2 amide bonds. The first-order valence-electron chi connectivity index (χ1n) is 5.54. The summed E-state index contributed by atoms with van der Waals surface area (Å²) in [6.45, 7) is 0.257. The summed E-state index contributed by atoms with van der Waals surface area (Å²) in [4.78, 5) is 33.2. The smallest absolute Gasteiger partial charge is 0.335 e. The van der Waals surface area contributed by atoms with Gasteiger partial charge >= 0.3 is 18.0 Å². The molecule has 0 saturated heterocycles. The molecule has 0 atom stereocenters. The topological polar surface area (TPSA) is 116 Å². The van der Waals surface area contributed by atoms with E-state index < -0.39 is 18.0 Å². The summed E-state index contributed by atoms with van der Waals surface area (Å²) in [5, 5.41) is 22.5. The second-order valence-electron chi connectivity index (χ2n) is 3.74. The molecule has 1 rings (SSSR count). The van der Waals surface area contributed by atoms with Gasteiger partial charge in [0.25, 0.3) is 0 Å². The minimum atomic E-state index is -1.29. The van der Waals surface area contributed by atoms with Crippen LogP contribution in [-0.4, -0.2) is 34.7 Å². The number of hydrogen-bond donors (Lipinski definition) is 4. The molecule has 0 saturated carbocycles. The molecule has 0 bridgehead atoms. The van der Waals surface area contributed by atoms with Gasteiger partial charge in [-0.15, -0.1) is 12.3 Å². The molecule has 20 heavy (non-hydrogen) atoms. The Bertz CT molecular complexity index is 557. The van der Waals surface area contributed by atoms with Crippen LogP contribution < -0.4 is 10.6 Å². The number of rotatable bonds is 5. The average molecular weight is 276 g/mol. The quantitative estimate of drug-likeness (QED) is 0.477. The van der Waals surface area contributed by atoms with Crippen molar-refractivity contribution in [2.45, 2.75) is 6.42 Å². The number of anilines is 1. The zero-order chi connectivity index (χ0) is 15.1. The summed E-state index contributed by atoms with van der Waals surface area (Å²) in [6, 6.07) is 2.73. The van der Waals surface area contributed by atoms with Crippen molar-refractivity contribution in [2.75, 3.05) is 11.9 Å². The fourth-order valence-electron chi connectivity index (χ4n) is 1.37. The Morgan fingerprint density at radius 3 is 2.10 bits per heavy atom. The van der Waals surface area contributed by atoms with Gasteiger partial charge in [0.1, 0.15) is 0 Å². The molecule has 0 aromatic heterocycles. The summed E-state index contributed by atoms with van der Waals surface area (Å²) >= 11 is 0. The van der Waals surface area contributed by atoms with E-state index in [0.29, 0.717) is 6.42 Å². The molecule has 1 aromatic carbocycles. The van der Waals surface area contributed by atoms with Crippen LogP contribution in [0.15, 0.2) is 18.2 Å². The van der Waals surface area contributed by atoms with Gasteiger partial charge in [0.2, 0.25) is 0 Å². The summed E-state index contributed by atoms with van der Waals surface area (Å²) in [5.74, 6) is -0.239. The highest BCUT2D eigenvalue weighted by Crippen LogP contribution is 2.15. The van der Waals surface area contributed by atoms with Gasteiger partial charge in [-0.1, -0.05) is 0 Å². The van der Waals surface area contributed by atoms with Gasteiger partial charge in [0.05, 0.1) is 11.1 Å². The van der Waals surface area contributed by atoms with Gasteiger partial charge in [0.15, 0.2) is 0 Å². The minimum Gasteiger partial charge on any atom is -0.478 e. The predicted octanol–water partition coefficient (Wildman–Crippen LogP) is 1.23. The Kier molecular flexibility index (Phi) is 5.12. The second kappa shape index (κ2) is 6.80. The van der Waals surface area contributed by atoms with E-state index in [0.717, 1.165) is 18.2 Å². The molecule has 4 N–H and O–H groups in total. The number of hydrogen-bond acceptors (Lipinski definition) is 3. The molecule has 7 heteroatoms. The molecule has 0 radical (unpaired) electrons. The number of carbonyl (C=O) groups is 3. The fourth-order valence-corrected chi connectivity index (χ4v) is 1.37.